The van der Waals surface area contributed by atoms with Crippen LogP contribution in [0.25, 0.3) is 0 Å². The van der Waals surface area contributed by atoms with E-state index in [-0.39, 0.29) is 80.9 Å². The molecule has 0 aromatic heterocycles. The summed E-state index contributed by atoms with van der Waals surface area (Å²) in [5.41, 5.74) is 0. The first kappa shape index (κ1) is 59.8. The van der Waals surface area contributed by atoms with E-state index in [1.165, 1.54) is 0 Å². The van der Waals surface area contributed by atoms with E-state index in [0.717, 1.165) is 0 Å². The van der Waals surface area contributed by atoms with Crippen LogP contribution in [0.4, 0.5) is 0 Å². The summed E-state index contributed by atoms with van der Waals surface area (Å²) in [6.45, 7) is 0. The van der Waals surface area contributed by atoms with Crippen molar-refractivity contribution < 1.29 is 80.9 Å². The number of hydrogen-bond acceptors (Lipinski definition) is 0. The first-order valence-corrected chi connectivity index (χ1v) is 0. The second kappa shape index (κ2) is 35.9. The minimum absolute atomic E-state index is 0. The van der Waals surface area contributed by atoms with Gasteiger partial charge in [-0.25, -0.2) is 0 Å². The number of hydrogen-bond donors (Lipinski definition) is 0. The monoisotopic (exact) mass is 287 g/mol. The third-order valence-corrected chi connectivity index (χ3v) is 0. The van der Waals surface area contributed by atoms with E-state index in [1.807, 2.05) is 0 Å². The Morgan fingerprint density at radius 2 is 0.600 bits per heavy atom. The molecule has 2 N–H and O–H groups in total. The Labute approximate surface area is 79.8 Å². The fourth-order valence-electron chi connectivity index (χ4n) is 0. The molecule has 39 valence electrons. The summed E-state index contributed by atoms with van der Waals surface area (Å²) in [5, 5.41) is 0. The third kappa shape index (κ3) is 23.2. The van der Waals surface area contributed by atoms with Gasteiger partial charge in [0.15, 0.2) is 0 Å². The minimum atomic E-state index is 0. The van der Waals surface area contributed by atoms with Crippen LogP contribution in [-0.4, -0.2) is 5.48 Å². The molecule has 0 aliphatic heterocycles. The molecule has 0 aliphatic carbocycles. The smallest absolute Gasteiger partial charge is 1.00 e. The van der Waals surface area contributed by atoms with Gasteiger partial charge < -0.3 is 42.7 Å². The standard InChI is InChI=1S/3ClH.Dy.H2O/h3*1H;;1H2/q;;;+3;/p-3. The molecule has 0 aromatic carbocycles. The van der Waals surface area contributed by atoms with Crippen LogP contribution in [-0.2, 0) is 0 Å². The topological polar surface area (TPSA) is 31.5 Å². The van der Waals surface area contributed by atoms with Gasteiger partial charge in [-0.2, -0.15) is 0 Å². The van der Waals surface area contributed by atoms with Crippen LogP contribution in [0.1, 0.15) is 0 Å². The van der Waals surface area contributed by atoms with Gasteiger partial charge in [-0.05, 0) is 0 Å². The van der Waals surface area contributed by atoms with Gasteiger partial charge in [0.05, 0.1) is 0 Å². The summed E-state index contributed by atoms with van der Waals surface area (Å²) in [5.74, 6) is 0. The van der Waals surface area contributed by atoms with Crippen LogP contribution >= 0.6 is 0 Å². The van der Waals surface area contributed by atoms with Gasteiger partial charge in [-0.1, -0.05) is 0 Å². The summed E-state index contributed by atoms with van der Waals surface area (Å²) in [6, 6.07) is 0. The largest absolute Gasteiger partial charge is 3.00 e. The summed E-state index contributed by atoms with van der Waals surface area (Å²) < 4.78 is 0. The Morgan fingerprint density at radius 3 is 0.600 bits per heavy atom. The van der Waals surface area contributed by atoms with Gasteiger partial charge in [0.25, 0.3) is 0 Å². The van der Waals surface area contributed by atoms with Crippen molar-refractivity contribution in [2.24, 2.45) is 0 Å². The maximum atomic E-state index is 0. The van der Waals surface area contributed by atoms with E-state index in [4.69, 9.17) is 0 Å². The molecule has 0 aromatic rings. The molecule has 0 rings (SSSR count). The van der Waals surface area contributed by atoms with Crippen LogP contribution in [0.5, 0.6) is 0 Å². The Bertz CT molecular complexity index is 6.85. The second-order valence-corrected chi connectivity index (χ2v) is 0. The van der Waals surface area contributed by atoms with Gasteiger partial charge in [0.1, 0.15) is 0 Å². The van der Waals surface area contributed by atoms with E-state index in [9.17, 15) is 0 Å². The predicted molar refractivity (Wildman–Crippen MR) is 3.61 cm³/mol. The summed E-state index contributed by atoms with van der Waals surface area (Å²) >= 11 is 0. The molecule has 5 heavy (non-hydrogen) atoms. The quantitative estimate of drug-likeness (QED) is 0.424. The summed E-state index contributed by atoms with van der Waals surface area (Å²) in [6.07, 6.45) is 0. The van der Waals surface area contributed by atoms with E-state index in [2.05, 4.69) is 0 Å². The maximum Gasteiger partial charge on any atom is 3.00 e. The molecule has 0 aliphatic rings. The normalized spacial score (nSPS) is 0. The van der Waals surface area contributed by atoms with Crippen LogP contribution in [0, 0.1) is 38.2 Å². The molecule has 0 saturated heterocycles. The van der Waals surface area contributed by atoms with Crippen molar-refractivity contribution in [3.05, 3.63) is 0 Å². The zero-order valence-corrected chi connectivity index (χ0v) is 6.25. The summed E-state index contributed by atoms with van der Waals surface area (Å²) in [4.78, 5) is 0. The molecular formula is H2Cl3DyO. The molecule has 0 unspecified atom stereocenters. The first-order chi connectivity index (χ1) is 0. The van der Waals surface area contributed by atoms with Crippen molar-refractivity contribution in [1.82, 2.24) is 0 Å². The average molecular weight is 287 g/mol. The molecule has 0 spiro atoms. The fourth-order valence-corrected chi connectivity index (χ4v) is 0. The fraction of sp³-hybridized carbons (Fsp3) is 0. The van der Waals surface area contributed by atoms with E-state index >= 15 is 0 Å². The van der Waals surface area contributed by atoms with Gasteiger partial charge in [-0.15, -0.1) is 0 Å². The number of rotatable bonds is 0. The van der Waals surface area contributed by atoms with Crippen LogP contribution < -0.4 is 37.2 Å². The van der Waals surface area contributed by atoms with Gasteiger partial charge in [0.2, 0.25) is 0 Å². The summed E-state index contributed by atoms with van der Waals surface area (Å²) in [7, 11) is 0. The minimum Gasteiger partial charge on any atom is -1.00 e. The van der Waals surface area contributed by atoms with Crippen LogP contribution in [0.3, 0.4) is 0 Å². The molecular weight excluding hydrogens is 285 g/mol. The SMILES string of the molecule is O.[Cl-].[Cl-].[Cl-].[Dy+3]. The number of halogens is 3. The predicted octanol–water partition coefficient (Wildman–Crippen LogP) is -9.81. The Morgan fingerprint density at radius 1 is 0.600 bits per heavy atom. The zero-order valence-electron chi connectivity index (χ0n) is 1.95. The van der Waals surface area contributed by atoms with Gasteiger partial charge in [-0.3, -0.25) is 0 Å². The molecule has 1 nitrogen and oxygen atoms in total. The maximum absolute atomic E-state index is 0. The van der Waals surface area contributed by atoms with Crippen molar-refractivity contribution in [3.63, 3.8) is 0 Å². The van der Waals surface area contributed by atoms with Crippen molar-refractivity contribution in [3.8, 4) is 0 Å². The molecule has 5 heteroatoms. The molecule has 0 bridgehead atoms. The van der Waals surface area contributed by atoms with Crippen molar-refractivity contribution in [2.45, 2.75) is 0 Å². The Kier molecular flexibility index (Phi) is 430. The van der Waals surface area contributed by atoms with Gasteiger partial charge in [0, 0.05) is 0 Å². The van der Waals surface area contributed by atoms with Crippen LogP contribution in [0.15, 0.2) is 0 Å². The first-order valence-electron chi connectivity index (χ1n) is 0. The van der Waals surface area contributed by atoms with Crippen molar-refractivity contribution in [2.75, 3.05) is 0 Å². The molecule has 0 fully saturated rings. The molecule has 0 amide bonds. The third-order valence-electron chi connectivity index (χ3n) is 0. The molecule has 0 saturated carbocycles. The Hall–Kier alpha value is 2.10. The zero-order chi connectivity index (χ0) is 0. The molecule has 0 atom stereocenters. The van der Waals surface area contributed by atoms with Crippen molar-refractivity contribution >= 4 is 0 Å². The molecule has 0 heterocycles. The van der Waals surface area contributed by atoms with Crippen molar-refractivity contribution in [1.29, 1.82) is 0 Å². The Balaban J connectivity index is 0. The van der Waals surface area contributed by atoms with Crippen LogP contribution in [0.2, 0.25) is 0 Å². The van der Waals surface area contributed by atoms with E-state index < -0.39 is 0 Å². The average Bonchev–Trinajstić information content (AvgIpc) is 0. The molecule has 1 radical (unpaired) electrons. The van der Waals surface area contributed by atoms with Gasteiger partial charge >= 0.3 is 38.2 Å². The second-order valence-electron chi connectivity index (χ2n) is 0. The van der Waals surface area contributed by atoms with E-state index in [0.29, 0.717) is 0 Å². The van der Waals surface area contributed by atoms with E-state index in [1.54, 1.807) is 0 Å².